The Morgan fingerprint density at radius 1 is 1.37 bits per heavy atom. The molecule has 0 aromatic heterocycles. The van der Waals surface area contributed by atoms with Crippen molar-refractivity contribution in [1.82, 2.24) is 4.90 Å². The molecule has 0 radical (unpaired) electrons. The van der Waals surface area contributed by atoms with Gasteiger partial charge in [-0.3, -0.25) is 9.89 Å². The number of hydrogen-bond acceptors (Lipinski definition) is 4. The van der Waals surface area contributed by atoms with Gasteiger partial charge in [0.2, 0.25) is 0 Å². The smallest absolute Gasteiger partial charge is 0.0709 e. The van der Waals surface area contributed by atoms with Gasteiger partial charge in [-0.15, -0.1) is 0 Å². The summed E-state index contributed by atoms with van der Waals surface area (Å²) in [5.74, 6) is 0. The number of morpholine rings is 1. The molecule has 1 aromatic rings. The van der Waals surface area contributed by atoms with E-state index >= 15 is 0 Å². The Morgan fingerprint density at radius 3 is 2.95 bits per heavy atom. The van der Waals surface area contributed by atoms with Crippen molar-refractivity contribution in [2.45, 2.75) is 19.4 Å². The summed E-state index contributed by atoms with van der Waals surface area (Å²) < 4.78 is 5.36. The number of ether oxygens (including phenoxy) is 1. The standard InChI is InChI=1S/C15H21N3O/c1-11-8-15-12(10-14(11)16)9-13(17-15)2-3-18-4-6-19-7-5-18/h8-10,13H,2-7,16H2,1H3. The maximum absolute atomic E-state index is 5.95. The number of fused-ring (bicyclic) bond motifs is 1. The largest absolute Gasteiger partial charge is 0.398 e. The Kier molecular flexibility index (Phi) is 3.53. The molecule has 0 saturated carbocycles. The number of hydrogen-bond donors (Lipinski definition) is 1. The van der Waals surface area contributed by atoms with Gasteiger partial charge >= 0.3 is 0 Å². The maximum atomic E-state index is 5.95. The predicted molar refractivity (Wildman–Crippen MR) is 76.5 cm³/mol. The zero-order valence-electron chi connectivity index (χ0n) is 11.4. The van der Waals surface area contributed by atoms with Crippen LogP contribution >= 0.6 is 0 Å². The van der Waals surface area contributed by atoms with E-state index in [-0.39, 0.29) is 0 Å². The fourth-order valence-electron chi connectivity index (χ4n) is 2.68. The van der Waals surface area contributed by atoms with Crippen LogP contribution in [0.2, 0.25) is 0 Å². The van der Waals surface area contributed by atoms with Gasteiger partial charge in [-0.1, -0.05) is 6.08 Å². The summed E-state index contributed by atoms with van der Waals surface area (Å²) in [5, 5.41) is 2.29. The molecule has 0 spiro atoms. The van der Waals surface area contributed by atoms with Crippen molar-refractivity contribution >= 4 is 11.8 Å². The summed E-state index contributed by atoms with van der Waals surface area (Å²) in [6, 6.07) is 4.44. The van der Waals surface area contributed by atoms with E-state index in [9.17, 15) is 0 Å². The first-order valence-electron chi connectivity index (χ1n) is 6.98. The van der Waals surface area contributed by atoms with Gasteiger partial charge in [0.1, 0.15) is 0 Å². The highest BCUT2D eigenvalue weighted by Gasteiger charge is 2.14. The Hall–Kier alpha value is -1.39. The topological polar surface area (TPSA) is 50.8 Å². The highest BCUT2D eigenvalue weighted by molar-refractivity contribution is 5.49. The Bertz CT molecular complexity index is 535. The zero-order chi connectivity index (χ0) is 13.2. The van der Waals surface area contributed by atoms with Crippen molar-refractivity contribution in [3.05, 3.63) is 28.3 Å². The van der Waals surface area contributed by atoms with Gasteiger partial charge in [0.05, 0.1) is 24.6 Å². The number of aryl methyl sites for hydroxylation is 1. The van der Waals surface area contributed by atoms with Crippen LogP contribution in [-0.4, -0.2) is 43.8 Å². The number of anilines is 1. The lowest BCUT2D eigenvalue weighted by molar-refractivity contribution is 0.0372. The fraction of sp³-hybridized carbons (Fsp3) is 0.533. The molecule has 102 valence electrons. The molecule has 0 amide bonds. The highest BCUT2D eigenvalue weighted by atomic mass is 16.5. The lowest BCUT2D eigenvalue weighted by Gasteiger charge is -2.26. The Morgan fingerprint density at radius 2 is 2.16 bits per heavy atom. The third kappa shape index (κ3) is 2.80. The second-order valence-electron chi connectivity index (χ2n) is 5.37. The molecule has 19 heavy (non-hydrogen) atoms. The van der Waals surface area contributed by atoms with Gasteiger partial charge in [0.25, 0.3) is 0 Å². The molecular weight excluding hydrogens is 238 g/mol. The molecule has 0 bridgehead atoms. The lowest BCUT2D eigenvalue weighted by Crippen LogP contribution is -2.37. The van der Waals surface area contributed by atoms with Crippen LogP contribution in [0.25, 0.3) is 6.08 Å². The van der Waals surface area contributed by atoms with E-state index in [1.165, 1.54) is 5.22 Å². The third-order valence-corrected chi connectivity index (χ3v) is 3.94. The molecule has 4 nitrogen and oxygen atoms in total. The van der Waals surface area contributed by atoms with Crippen molar-refractivity contribution in [3.63, 3.8) is 0 Å². The average molecular weight is 259 g/mol. The molecule has 1 fully saturated rings. The van der Waals surface area contributed by atoms with Crippen molar-refractivity contribution in [2.24, 2.45) is 4.99 Å². The van der Waals surface area contributed by atoms with Crippen molar-refractivity contribution < 1.29 is 4.74 Å². The molecule has 3 rings (SSSR count). The quantitative estimate of drug-likeness (QED) is 0.782. The number of nitrogen functional groups attached to an aromatic ring is 1. The van der Waals surface area contributed by atoms with Gasteiger partial charge in [-0.2, -0.15) is 0 Å². The minimum atomic E-state index is 0.305. The molecule has 2 aliphatic heterocycles. The van der Waals surface area contributed by atoms with Gasteiger partial charge < -0.3 is 10.5 Å². The summed E-state index contributed by atoms with van der Waals surface area (Å²) >= 11 is 0. The number of benzene rings is 1. The van der Waals surface area contributed by atoms with Crippen LogP contribution in [0.15, 0.2) is 17.1 Å². The van der Waals surface area contributed by atoms with Crippen LogP contribution in [0.3, 0.4) is 0 Å². The zero-order valence-corrected chi connectivity index (χ0v) is 11.4. The minimum absolute atomic E-state index is 0.305. The average Bonchev–Trinajstić information content (AvgIpc) is 2.80. The van der Waals surface area contributed by atoms with E-state index < -0.39 is 0 Å². The first kappa shape index (κ1) is 12.6. The Labute approximate surface area is 113 Å². The molecule has 1 saturated heterocycles. The maximum Gasteiger partial charge on any atom is 0.0709 e. The van der Waals surface area contributed by atoms with Crippen LogP contribution in [0.5, 0.6) is 0 Å². The minimum Gasteiger partial charge on any atom is -0.398 e. The van der Waals surface area contributed by atoms with Crippen molar-refractivity contribution in [3.8, 4) is 0 Å². The van der Waals surface area contributed by atoms with Crippen LogP contribution in [0.4, 0.5) is 5.69 Å². The van der Waals surface area contributed by atoms with E-state index in [1.54, 1.807) is 0 Å². The molecule has 2 aliphatic rings. The summed E-state index contributed by atoms with van der Waals surface area (Å²) in [6.45, 7) is 6.95. The normalized spacial score (nSPS) is 22.7. The monoisotopic (exact) mass is 259 g/mol. The van der Waals surface area contributed by atoms with Crippen LogP contribution in [0, 0.1) is 6.92 Å². The predicted octanol–water partition coefficient (Wildman–Crippen LogP) is 0.0818. The van der Waals surface area contributed by atoms with Gasteiger partial charge in [-0.05, 0) is 36.3 Å². The second kappa shape index (κ2) is 5.31. The summed E-state index contributed by atoms with van der Waals surface area (Å²) in [4.78, 5) is 7.22. The SMILES string of the molecule is Cc1cc2c(cc1N)=CC(CCN1CCOCC1)N=2. The first-order chi connectivity index (χ1) is 9.22. The molecule has 0 aliphatic carbocycles. The summed E-state index contributed by atoms with van der Waals surface area (Å²) in [6.07, 6.45) is 3.32. The van der Waals surface area contributed by atoms with Gasteiger partial charge in [-0.25, -0.2) is 0 Å². The van der Waals surface area contributed by atoms with E-state index in [4.69, 9.17) is 15.5 Å². The van der Waals surface area contributed by atoms with E-state index in [0.29, 0.717) is 6.04 Å². The van der Waals surface area contributed by atoms with Crippen molar-refractivity contribution in [2.75, 3.05) is 38.6 Å². The molecule has 2 heterocycles. The molecule has 4 heteroatoms. The summed E-state index contributed by atoms with van der Waals surface area (Å²) in [5.41, 5.74) is 7.92. The summed E-state index contributed by atoms with van der Waals surface area (Å²) in [7, 11) is 0. The molecular formula is C15H21N3O. The van der Waals surface area contributed by atoms with E-state index in [0.717, 1.165) is 55.9 Å². The van der Waals surface area contributed by atoms with Crippen LogP contribution in [0.1, 0.15) is 12.0 Å². The number of nitrogens with two attached hydrogens (primary N) is 1. The Balaban J connectivity index is 1.66. The van der Waals surface area contributed by atoms with E-state index in [1.807, 2.05) is 13.0 Å². The molecule has 1 aromatic carbocycles. The molecule has 2 N–H and O–H groups in total. The molecule has 1 unspecified atom stereocenters. The highest BCUT2D eigenvalue weighted by Crippen LogP contribution is 2.09. The second-order valence-corrected chi connectivity index (χ2v) is 5.37. The van der Waals surface area contributed by atoms with E-state index in [2.05, 4.69) is 17.0 Å². The lowest BCUT2D eigenvalue weighted by atomic mass is 10.1. The first-order valence-corrected chi connectivity index (χ1v) is 6.98. The van der Waals surface area contributed by atoms with Crippen molar-refractivity contribution in [1.29, 1.82) is 0 Å². The fourth-order valence-corrected chi connectivity index (χ4v) is 2.68. The van der Waals surface area contributed by atoms with Gasteiger partial charge in [0.15, 0.2) is 0 Å². The third-order valence-electron chi connectivity index (χ3n) is 3.94. The number of rotatable bonds is 3. The van der Waals surface area contributed by atoms with Crippen LogP contribution < -0.4 is 16.3 Å². The number of nitrogens with zero attached hydrogens (tertiary/aromatic N) is 2. The van der Waals surface area contributed by atoms with Gasteiger partial charge in [0, 0.05) is 25.3 Å². The molecule has 1 atom stereocenters. The van der Waals surface area contributed by atoms with Crippen LogP contribution in [-0.2, 0) is 4.74 Å².